The van der Waals surface area contributed by atoms with Gasteiger partial charge >= 0.3 is 0 Å². The number of aryl methyl sites for hydroxylation is 2. The number of hydrogen-bond donors (Lipinski definition) is 1. The first kappa shape index (κ1) is 11.1. The third kappa shape index (κ3) is 2.39. The summed E-state index contributed by atoms with van der Waals surface area (Å²) in [7, 11) is 0. The molecule has 2 aromatic heterocycles. The van der Waals surface area contributed by atoms with E-state index in [2.05, 4.69) is 35.9 Å². The zero-order valence-corrected chi connectivity index (χ0v) is 10.3. The monoisotopic (exact) mass is 233 g/mol. The van der Waals surface area contributed by atoms with Gasteiger partial charge in [-0.3, -0.25) is 0 Å². The summed E-state index contributed by atoms with van der Waals surface area (Å²) in [6.07, 6.45) is 1.91. The molecule has 0 aliphatic rings. The summed E-state index contributed by atoms with van der Waals surface area (Å²) >= 11 is 1.73. The van der Waals surface area contributed by atoms with Crippen molar-refractivity contribution in [1.82, 2.24) is 9.97 Å². The molecule has 0 fully saturated rings. The molecule has 0 aliphatic carbocycles. The summed E-state index contributed by atoms with van der Waals surface area (Å²) in [5.41, 5.74) is 6.73. The van der Waals surface area contributed by atoms with Gasteiger partial charge in [0.15, 0.2) is 0 Å². The van der Waals surface area contributed by atoms with Crippen molar-refractivity contribution in [2.75, 3.05) is 5.73 Å². The van der Waals surface area contributed by atoms with Crippen LogP contribution < -0.4 is 5.73 Å². The molecule has 0 saturated carbocycles. The van der Waals surface area contributed by atoms with Crippen LogP contribution in [0.25, 0.3) is 10.6 Å². The second-order valence-corrected chi connectivity index (χ2v) is 5.04. The van der Waals surface area contributed by atoms with Crippen LogP contribution in [0.4, 0.5) is 5.82 Å². The minimum absolute atomic E-state index is 0.555. The van der Waals surface area contributed by atoms with Gasteiger partial charge in [-0.05, 0) is 25.5 Å². The van der Waals surface area contributed by atoms with E-state index in [1.807, 2.05) is 6.07 Å². The van der Waals surface area contributed by atoms with E-state index in [1.54, 1.807) is 11.3 Å². The van der Waals surface area contributed by atoms with Crippen molar-refractivity contribution >= 4 is 17.2 Å². The predicted molar refractivity (Wildman–Crippen MR) is 68.5 cm³/mol. The van der Waals surface area contributed by atoms with E-state index in [9.17, 15) is 0 Å². The molecule has 84 valence electrons. The van der Waals surface area contributed by atoms with Crippen LogP contribution in [0.2, 0.25) is 0 Å². The fourth-order valence-corrected chi connectivity index (χ4v) is 2.38. The van der Waals surface area contributed by atoms with Crippen molar-refractivity contribution < 1.29 is 0 Å². The number of anilines is 1. The average Bonchev–Trinajstić information content (AvgIpc) is 2.64. The quantitative estimate of drug-likeness (QED) is 0.886. The molecule has 2 aromatic rings. The van der Waals surface area contributed by atoms with Crippen molar-refractivity contribution in [3.63, 3.8) is 0 Å². The minimum Gasteiger partial charge on any atom is -0.384 e. The summed E-state index contributed by atoms with van der Waals surface area (Å²) in [6.45, 7) is 4.20. The largest absolute Gasteiger partial charge is 0.384 e. The van der Waals surface area contributed by atoms with Crippen molar-refractivity contribution in [3.05, 3.63) is 28.9 Å². The number of nitrogen functional groups attached to an aromatic ring is 1. The summed E-state index contributed by atoms with van der Waals surface area (Å²) in [5.74, 6) is 1.39. The number of aromatic nitrogens is 2. The Hall–Kier alpha value is -1.42. The lowest BCUT2D eigenvalue weighted by Crippen LogP contribution is -2.00. The maximum absolute atomic E-state index is 5.79. The molecule has 0 saturated heterocycles. The highest BCUT2D eigenvalue weighted by Gasteiger charge is 2.06. The van der Waals surface area contributed by atoms with E-state index < -0.39 is 0 Å². The van der Waals surface area contributed by atoms with Gasteiger partial charge in [0.05, 0.1) is 10.6 Å². The number of rotatable bonds is 3. The van der Waals surface area contributed by atoms with Crippen LogP contribution in [0, 0.1) is 6.92 Å². The van der Waals surface area contributed by atoms with Gasteiger partial charge in [-0.1, -0.05) is 6.92 Å². The highest BCUT2D eigenvalue weighted by atomic mass is 32.1. The van der Waals surface area contributed by atoms with Crippen LogP contribution in [0.5, 0.6) is 0 Å². The molecule has 0 unspecified atom stereocenters. The summed E-state index contributed by atoms with van der Waals surface area (Å²) < 4.78 is 0. The van der Waals surface area contributed by atoms with Crippen LogP contribution in [0.1, 0.15) is 24.0 Å². The van der Waals surface area contributed by atoms with Gasteiger partial charge in [-0.25, -0.2) is 9.97 Å². The molecule has 0 aliphatic heterocycles. The van der Waals surface area contributed by atoms with Gasteiger partial charge in [0.2, 0.25) is 0 Å². The zero-order chi connectivity index (χ0) is 11.5. The average molecular weight is 233 g/mol. The SMILES string of the molecule is CCCc1nc(N)cc(-c2ccc(C)s2)n1. The number of nitrogens with two attached hydrogens (primary N) is 1. The Kier molecular flexibility index (Phi) is 3.19. The highest BCUT2D eigenvalue weighted by molar-refractivity contribution is 7.15. The highest BCUT2D eigenvalue weighted by Crippen LogP contribution is 2.27. The molecule has 0 bridgehead atoms. The normalized spacial score (nSPS) is 10.6. The van der Waals surface area contributed by atoms with Gasteiger partial charge in [-0.15, -0.1) is 11.3 Å². The number of thiophene rings is 1. The van der Waals surface area contributed by atoms with Crippen LogP contribution in [0.3, 0.4) is 0 Å². The molecule has 3 nitrogen and oxygen atoms in total. The maximum atomic E-state index is 5.79. The molecule has 2 heterocycles. The lowest BCUT2D eigenvalue weighted by Gasteiger charge is -2.03. The van der Waals surface area contributed by atoms with Gasteiger partial charge in [0.1, 0.15) is 11.6 Å². The molecule has 0 atom stereocenters. The molecule has 2 rings (SSSR count). The van der Waals surface area contributed by atoms with Crippen LogP contribution in [0.15, 0.2) is 18.2 Å². The Morgan fingerprint density at radius 3 is 2.75 bits per heavy atom. The molecule has 0 radical (unpaired) electrons. The second kappa shape index (κ2) is 4.61. The third-order valence-electron chi connectivity index (χ3n) is 2.26. The Morgan fingerprint density at radius 1 is 1.31 bits per heavy atom. The molecular weight excluding hydrogens is 218 g/mol. The Morgan fingerprint density at radius 2 is 2.12 bits per heavy atom. The van der Waals surface area contributed by atoms with E-state index in [0.29, 0.717) is 5.82 Å². The Bertz CT molecular complexity index is 491. The minimum atomic E-state index is 0.555. The summed E-state index contributed by atoms with van der Waals surface area (Å²) in [6, 6.07) is 6.01. The van der Waals surface area contributed by atoms with Gasteiger partial charge in [0.25, 0.3) is 0 Å². The summed E-state index contributed by atoms with van der Waals surface area (Å²) in [5, 5.41) is 0. The van der Waals surface area contributed by atoms with Gasteiger partial charge < -0.3 is 5.73 Å². The van der Waals surface area contributed by atoms with Gasteiger partial charge in [0, 0.05) is 17.4 Å². The van der Waals surface area contributed by atoms with E-state index >= 15 is 0 Å². The summed E-state index contributed by atoms with van der Waals surface area (Å²) in [4.78, 5) is 11.2. The fraction of sp³-hybridized carbons (Fsp3) is 0.333. The maximum Gasteiger partial charge on any atom is 0.131 e. The van der Waals surface area contributed by atoms with E-state index in [-0.39, 0.29) is 0 Å². The first-order valence-electron chi connectivity index (χ1n) is 5.39. The van der Waals surface area contributed by atoms with E-state index in [4.69, 9.17) is 5.73 Å². The Labute approximate surface area is 99.4 Å². The molecular formula is C12H15N3S. The van der Waals surface area contributed by atoms with Crippen molar-refractivity contribution in [3.8, 4) is 10.6 Å². The fourth-order valence-electron chi connectivity index (χ4n) is 1.55. The number of hydrogen-bond acceptors (Lipinski definition) is 4. The van der Waals surface area contributed by atoms with Crippen molar-refractivity contribution in [1.29, 1.82) is 0 Å². The molecule has 2 N–H and O–H groups in total. The zero-order valence-electron chi connectivity index (χ0n) is 9.53. The molecule has 0 amide bonds. The van der Waals surface area contributed by atoms with Crippen molar-refractivity contribution in [2.24, 2.45) is 0 Å². The first-order chi connectivity index (χ1) is 7.69. The standard InChI is InChI=1S/C12H15N3S/c1-3-4-12-14-9(7-11(13)15-12)10-6-5-8(2)16-10/h5-7H,3-4H2,1-2H3,(H2,13,14,15). The Balaban J connectivity index is 2.40. The van der Waals surface area contributed by atoms with Crippen LogP contribution >= 0.6 is 11.3 Å². The molecule has 16 heavy (non-hydrogen) atoms. The van der Waals surface area contributed by atoms with Crippen LogP contribution in [-0.2, 0) is 6.42 Å². The third-order valence-corrected chi connectivity index (χ3v) is 3.28. The first-order valence-corrected chi connectivity index (χ1v) is 6.21. The van der Waals surface area contributed by atoms with E-state index in [1.165, 1.54) is 4.88 Å². The smallest absolute Gasteiger partial charge is 0.131 e. The molecule has 0 spiro atoms. The van der Waals surface area contributed by atoms with Crippen molar-refractivity contribution in [2.45, 2.75) is 26.7 Å². The lowest BCUT2D eigenvalue weighted by molar-refractivity contribution is 0.840. The second-order valence-electron chi connectivity index (χ2n) is 3.75. The number of nitrogens with zero attached hydrogens (tertiary/aromatic N) is 2. The lowest BCUT2D eigenvalue weighted by atomic mass is 10.3. The van der Waals surface area contributed by atoms with Gasteiger partial charge in [-0.2, -0.15) is 0 Å². The molecule has 0 aromatic carbocycles. The molecule has 4 heteroatoms. The van der Waals surface area contributed by atoms with Crippen LogP contribution in [-0.4, -0.2) is 9.97 Å². The van der Waals surface area contributed by atoms with E-state index in [0.717, 1.165) is 29.2 Å². The predicted octanol–water partition coefficient (Wildman–Crippen LogP) is 3.05. The topological polar surface area (TPSA) is 51.8 Å².